The Labute approximate surface area is 199 Å². The van der Waals surface area contributed by atoms with Gasteiger partial charge in [-0.1, -0.05) is 29.8 Å². The van der Waals surface area contributed by atoms with Crippen LogP contribution in [0.2, 0.25) is 5.02 Å². The van der Waals surface area contributed by atoms with E-state index in [9.17, 15) is 19.7 Å². The van der Waals surface area contributed by atoms with Gasteiger partial charge in [-0.05, 0) is 67.3 Å². The molecule has 0 bridgehead atoms. The fourth-order valence-electron chi connectivity index (χ4n) is 4.35. The summed E-state index contributed by atoms with van der Waals surface area (Å²) in [5.74, 6) is -0.586. The Kier molecular flexibility index (Phi) is 5.02. The van der Waals surface area contributed by atoms with E-state index in [1.807, 2.05) is 20.8 Å². The van der Waals surface area contributed by atoms with Crippen molar-refractivity contribution in [2.45, 2.75) is 26.8 Å². The molecule has 0 spiro atoms. The van der Waals surface area contributed by atoms with Crippen LogP contribution in [-0.4, -0.2) is 10.8 Å². The minimum Gasteiger partial charge on any atom is -0.450 e. The summed E-state index contributed by atoms with van der Waals surface area (Å²) in [6, 6.07) is 13.7. The van der Waals surface area contributed by atoms with E-state index >= 15 is 0 Å². The van der Waals surface area contributed by atoms with E-state index in [4.69, 9.17) is 16.0 Å². The summed E-state index contributed by atoms with van der Waals surface area (Å²) < 4.78 is 6.01. The number of rotatable bonds is 3. The first-order valence-electron chi connectivity index (χ1n) is 10.6. The molecule has 0 aliphatic carbocycles. The van der Waals surface area contributed by atoms with Crippen LogP contribution in [0.4, 0.5) is 11.4 Å². The average molecular weight is 475 g/mol. The normalized spacial score (nSPS) is 15.1. The zero-order valence-corrected chi connectivity index (χ0v) is 19.3. The summed E-state index contributed by atoms with van der Waals surface area (Å²) in [6.07, 6.45) is 0. The molecule has 5 rings (SSSR count). The number of amides is 1. The minimum absolute atomic E-state index is 0.0750. The van der Waals surface area contributed by atoms with E-state index in [0.717, 1.165) is 16.7 Å². The van der Waals surface area contributed by atoms with Crippen LogP contribution in [0.25, 0.3) is 11.0 Å². The fraction of sp³-hybridized carbons (Fsp3) is 0.154. The van der Waals surface area contributed by atoms with Crippen LogP contribution in [0.1, 0.15) is 44.4 Å². The molecule has 1 unspecified atom stereocenters. The number of hydrogen-bond donors (Lipinski definition) is 0. The minimum atomic E-state index is -0.913. The standard InChI is InChI=1S/C26H19ClN2O5/c1-13-7-8-17(12-20(13)27)28-23(16-5-4-6-18(11-16)29(32)33)22-24(30)19-9-14(2)15(3)10-21(19)34-25(22)26(28)31/h4-12,23H,1-3H3. The van der Waals surface area contributed by atoms with Crippen LogP contribution in [-0.2, 0) is 0 Å². The number of anilines is 1. The highest BCUT2D eigenvalue weighted by molar-refractivity contribution is 6.31. The van der Waals surface area contributed by atoms with Crippen LogP contribution < -0.4 is 10.3 Å². The lowest BCUT2D eigenvalue weighted by Crippen LogP contribution is -2.29. The molecule has 7 nitrogen and oxygen atoms in total. The molecule has 0 saturated heterocycles. The second-order valence-electron chi connectivity index (χ2n) is 8.47. The van der Waals surface area contributed by atoms with Crippen LogP contribution in [0.5, 0.6) is 0 Å². The van der Waals surface area contributed by atoms with Crippen molar-refractivity contribution in [3.05, 3.63) is 114 Å². The molecule has 170 valence electrons. The number of hydrogen-bond acceptors (Lipinski definition) is 5. The monoisotopic (exact) mass is 474 g/mol. The lowest BCUT2D eigenvalue weighted by atomic mass is 9.97. The zero-order valence-electron chi connectivity index (χ0n) is 18.6. The predicted molar refractivity (Wildman–Crippen MR) is 130 cm³/mol. The van der Waals surface area contributed by atoms with E-state index in [2.05, 4.69) is 0 Å². The number of halogens is 1. The van der Waals surface area contributed by atoms with E-state index in [0.29, 0.717) is 27.2 Å². The molecule has 3 aromatic carbocycles. The molecule has 4 aromatic rings. The lowest BCUT2D eigenvalue weighted by Gasteiger charge is -2.25. The maximum absolute atomic E-state index is 13.7. The van der Waals surface area contributed by atoms with Gasteiger partial charge in [0.2, 0.25) is 5.76 Å². The van der Waals surface area contributed by atoms with Gasteiger partial charge >= 0.3 is 0 Å². The van der Waals surface area contributed by atoms with Gasteiger partial charge in [0, 0.05) is 22.8 Å². The van der Waals surface area contributed by atoms with Gasteiger partial charge in [-0.3, -0.25) is 24.6 Å². The number of nitrogens with zero attached hydrogens (tertiary/aromatic N) is 2. The Morgan fingerprint density at radius 2 is 1.71 bits per heavy atom. The Balaban J connectivity index is 1.84. The summed E-state index contributed by atoms with van der Waals surface area (Å²) in [6.45, 7) is 5.63. The summed E-state index contributed by atoms with van der Waals surface area (Å²) in [5.41, 5.74) is 3.54. The van der Waals surface area contributed by atoms with E-state index < -0.39 is 16.9 Å². The summed E-state index contributed by atoms with van der Waals surface area (Å²) in [7, 11) is 0. The van der Waals surface area contributed by atoms with Crippen molar-refractivity contribution in [3.63, 3.8) is 0 Å². The van der Waals surface area contributed by atoms with Gasteiger partial charge < -0.3 is 4.42 Å². The Morgan fingerprint density at radius 1 is 0.971 bits per heavy atom. The maximum atomic E-state index is 13.7. The Bertz CT molecular complexity index is 1590. The van der Waals surface area contributed by atoms with Crippen molar-refractivity contribution in [1.29, 1.82) is 0 Å². The molecule has 1 aromatic heterocycles. The highest BCUT2D eigenvalue weighted by Gasteiger charge is 2.44. The zero-order chi connectivity index (χ0) is 24.3. The highest BCUT2D eigenvalue weighted by Crippen LogP contribution is 2.42. The Morgan fingerprint density at radius 3 is 2.41 bits per heavy atom. The third-order valence-electron chi connectivity index (χ3n) is 6.32. The number of fused-ring (bicyclic) bond motifs is 2. The molecule has 8 heteroatoms. The molecule has 1 aliphatic heterocycles. The molecule has 0 radical (unpaired) electrons. The molecular weight excluding hydrogens is 456 g/mol. The first-order valence-corrected chi connectivity index (χ1v) is 11.0. The van der Waals surface area contributed by atoms with Crippen molar-refractivity contribution in [3.8, 4) is 0 Å². The van der Waals surface area contributed by atoms with Crippen molar-refractivity contribution >= 4 is 39.9 Å². The van der Waals surface area contributed by atoms with Crippen LogP contribution in [0.15, 0.2) is 63.8 Å². The molecule has 34 heavy (non-hydrogen) atoms. The molecule has 2 heterocycles. The number of non-ortho nitro benzene ring substituents is 1. The van der Waals surface area contributed by atoms with Gasteiger partial charge in [0.1, 0.15) is 5.58 Å². The Hall–Kier alpha value is -3.97. The van der Waals surface area contributed by atoms with Crippen molar-refractivity contribution in [2.75, 3.05) is 4.90 Å². The first kappa shape index (κ1) is 21.9. The largest absolute Gasteiger partial charge is 0.450 e. The molecule has 0 saturated carbocycles. The van der Waals surface area contributed by atoms with Crippen molar-refractivity contribution in [2.24, 2.45) is 0 Å². The fourth-order valence-corrected chi connectivity index (χ4v) is 4.52. The number of aryl methyl sites for hydroxylation is 3. The summed E-state index contributed by atoms with van der Waals surface area (Å²) >= 11 is 6.35. The molecule has 1 amide bonds. The van der Waals surface area contributed by atoms with Gasteiger partial charge in [0.25, 0.3) is 11.6 Å². The molecule has 1 aliphatic rings. The topological polar surface area (TPSA) is 93.7 Å². The number of benzene rings is 3. The van der Waals surface area contributed by atoms with E-state index in [1.165, 1.54) is 23.1 Å². The third kappa shape index (κ3) is 3.28. The van der Waals surface area contributed by atoms with Crippen LogP contribution in [0.3, 0.4) is 0 Å². The van der Waals surface area contributed by atoms with E-state index in [-0.39, 0.29) is 22.4 Å². The van der Waals surface area contributed by atoms with E-state index in [1.54, 1.807) is 36.4 Å². The summed E-state index contributed by atoms with van der Waals surface area (Å²) in [4.78, 5) is 39.7. The molecule has 0 N–H and O–H groups in total. The number of carbonyl (C=O) groups is 1. The van der Waals surface area contributed by atoms with Crippen LogP contribution in [0, 0.1) is 30.9 Å². The van der Waals surface area contributed by atoms with Gasteiger partial charge in [-0.25, -0.2) is 0 Å². The predicted octanol–water partition coefficient (Wildman–Crippen LogP) is 6.03. The first-order chi connectivity index (χ1) is 16.2. The van der Waals surface area contributed by atoms with Crippen LogP contribution >= 0.6 is 11.6 Å². The lowest BCUT2D eigenvalue weighted by molar-refractivity contribution is -0.384. The van der Waals surface area contributed by atoms with Gasteiger partial charge in [-0.15, -0.1) is 0 Å². The smallest absolute Gasteiger partial charge is 0.295 e. The van der Waals surface area contributed by atoms with Gasteiger partial charge in [0.15, 0.2) is 5.43 Å². The summed E-state index contributed by atoms with van der Waals surface area (Å²) in [5, 5.41) is 12.3. The van der Waals surface area contributed by atoms with Gasteiger partial charge in [0.05, 0.1) is 21.9 Å². The van der Waals surface area contributed by atoms with Crippen molar-refractivity contribution in [1.82, 2.24) is 0 Å². The molecule has 1 atom stereocenters. The maximum Gasteiger partial charge on any atom is 0.295 e. The average Bonchev–Trinajstić information content (AvgIpc) is 3.10. The quantitative estimate of drug-likeness (QED) is 0.267. The molecular formula is C26H19ClN2O5. The SMILES string of the molecule is Cc1cc2oc3c(c(=O)c2cc1C)C(c1cccc([N+](=O)[O-])c1)N(c1ccc(C)c(Cl)c1)C3=O. The number of nitro benzene ring substituents is 1. The number of nitro groups is 1. The number of carbonyl (C=O) groups excluding carboxylic acids is 1. The highest BCUT2D eigenvalue weighted by atomic mass is 35.5. The molecule has 0 fully saturated rings. The van der Waals surface area contributed by atoms with Crippen molar-refractivity contribution < 1.29 is 14.1 Å². The second kappa shape index (κ2) is 7.81. The second-order valence-corrected chi connectivity index (χ2v) is 8.88. The third-order valence-corrected chi connectivity index (χ3v) is 6.72. The van der Waals surface area contributed by atoms with Gasteiger partial charge in [-0.2, -0.15) is 0 Å².